The predicted molar refractivity (Wildman–Crippen MR) is 257 cm³/mol. The van der Waals surface area contributed by atoms with Gasteiger partial charge in [-0.25, -0.2) is 0 Å². The second-order valence-corrected chi connectivity index (χ2v) is 16.9. The lowest BCUT2D eigenvalue weighted by Gasteiger charge is -2.29. The molecule has 11 aromatic rings. The van der Waals surface area contributed by atoms with E-state index in [2.05, 4.69) is 231 Å². The molecule has 0 atom stereocenters. The van der Waals surface area contributed by atoms with Crippen molar-refractivity contribution in [3.05, 3.63) is 223 Å². The fourth-order valence-electron chi connectivity index (χ4n) is 10.1. The molecule has 0 N–H and O–H groups in total. The molecule has 0 spiro atoms. The third-order valence-corrected chi connectivity index (χ3v) is 13.0. The minimum atomic E-state index is -0.111. The van der Waals surface area contributed by atoms with Crippen molar-refractivity contribution in [1.82, 2.24) is 0 Å². The largest absolute Gasteiger partial charge is 0.456 e. The maximum Gasteiger partial charge on any atom is 0.136 e. The van der Waals surface area contributed by atoms with Crippen LogP contribution in [0.2, 0.25) is 0 Å². The van der Waals surface area contributed by atoms with Gasteiger partial charge >= 0.3 is 0 Å². The van der Waals surface area contributed by atoms with E-state index in [0.717, 1.165) is 50.1 Å². The van der Waals surface area contributed by atoms with Crippen molar-refractivity contribution in [1.29, 1.82) is 0 Å². The van der Waals surface area contributed by atoms with Gasteiger partial charge in [0.2, 0.25) is 0 Å². The van der Waals surface area contributed by atoms with Crippen LogP contribution in [0.5, 0.6) is 0 Å². The highest BCUT2D eigenvalue weighted by Crippen LogP contribution is 2.52. The van der Waals surface area contributed by atoms with Crippen LogP contribution in [0.1, 0.15) is 25.0 Å². The maximum atomic E-state index is 6.60. The van der Waals surface area contributed by atoms with Crippen LogP contribution in [-0.2, 0) is 5.41 Å². The van der Waals surface area contributed by atoms with Gasteiger partial charge < -0.3 is 9.32 Å². The Morgan fingerprint density at radius 1 is 0.377 bits per heavy atom. The Hall–Kier alpha value is -7.68. The number of rotatable bonds is 6. The Balaban J connectivity index is 1.04. The molecule has 0 saturated carbocycles. The van der Waals surface area contributed by atoms with Crippen LogP contribution in [0, 0.1) is 0 Å². The predicted octanol–water partition coefficient (Wildman–Crippen LogP) is 16.7. The number of nitrogens with zero attached hydrogens (tertiary/aromatic N) is 1. The summed E-state index contributed by atoms with van der Waals surface area (Å²) in [5, 5.41) is 7.08. The molecule has 1 aromatic heterocycles. The molecule has 61 heavy (non-hydrogen) atoms. The zero-order valence-corrected chi connectivity index (χ0v) is 34.1. The maximum absolute atomic E-state index is 6.60. The second-order valence-electron chi connectivity index (χ2n) is 16.9. The molecule has 0 radical (unpaired) electrons. The molecule has 2 heteroatoms. The van der Waals surface area contributed by atoms with Crippen molar-refractivity contribution >= 4 is 60.5 Å². The number of hydrogen-bond acceptors (Lipinski definition) is 2. The van der Waals surface area contributed by atoms with E-state index in [1.807, 2.05) is 0 Å². The van der Waals surface area contributed by atoms with Gasteiger partial charge in [-0.2, -0.15) is 0 Å². The van der Waals surface area contributed by atoms with E-state index in [-0.39, 0.29) is 5.41 Å². The molecule has 0 aliphatic heterocycles. The lowest BCUT2D eigenvalue weighted by molar-refractivity contribution is 0.662. The normalized spacial score (nSPS) is 12.9. The van der Waals surface area contributed by atoms with Crippen molar-refractivity contribution in [2.45, 2.75) is 19.3 Å². The van der Waals surface area contributed by atoms with Crippen LogP contribution in [0.15, 0.2) is 217 Å². The smallest absolute Gasteiger partial charge is 0.136 e. The van der Waals surface area contributed by atoms with Crippen LogP contribution in [0.4, 0.5) is 17.1 Å². The summed E-state index contributed by atoms with van der Waals surface area (Å²) in [7, 11) is 0. The Morgan fingerprint density at radius 2 is 0.984 bits per heavy atom. The zero-order valence-electron chi connectivity index (χ0n) is 34.1. The first-order chi connectivity index (χ1) is 30.0. The average Bonchev–Trinajstić information content (AvgIpc) is 3.79. The van der Waals surface area contributed by atoms with Gasteiger partial charge in [0, 0.05) is 33.1 Å². The van der Waals surface area contributed by atoms with E-state index < -0.39 is 0 Å². The molecular formula is C59H41NO. The average molecular weight is 780 g/mol. The highest BCUT2D eigenvalue weighted by atomic mass is 16.3. The fourth-order valence-corrected chi connectivity index (χ4v) is 10.1. The summed E-state index contributed by atoms with van der Waals surface area (Å²) in [6.07, 6.45) is 0. The van der Waals surface area contributed by atoms with Crippen LogP contribution in [-0.4, -0.2) is 0 Å². The van der Waals surface area contributed by atoms with E-state index in [1.165, 1.54) is 66.1 Å². The number of fused-ring (bicyclic) bond motifs is 8. The van der Waals surface area contributed by atoms with Gasteiger partial charge in [-0.15, -0.1) is 0 Å². The molecule has 0 saturated heterocycles. The summed E-state index contributed by atoms with van der Waals surface area (Å²) in [5.74, 6) is 0. The van der Waals surface area contributed by atoms with Gasteiger partial charge in [-0.05, 0) is 126 Å². The first-order valence-corrected chi connectivity index (χ1v) is 21.2. The lowest BCUT2D eigenvalue weighted by Crippen LogP contribution is -2.16. The second kappa shape index (κ2) is 13.7. The van der Waals surface area contributed by atoms with E-state index in [9.17, 15) is 0 Å². The standard InChI is InChI=1S/C59H41NO/c1-59(2)53-25-9-7-20-48(53)51-24-12-22-47(58(51)59)39-30-32-45(33-31-39)60(46-19-11-18-41(35-46)44-29-28-38-14-3-4-15-40(38)34-44)54-26-10-8-21-49(54)50-23-13-27-55-57(50)52-36-42-16-5-6-17-43(42)37-56(52)61-55/h3-37H,1-2H3. The molecule has 288 valence electrons. The quantitative estimate of drug-likeness (QED) is 0.167. The number of anilines is 3. The van der Waals surface area contributed by atoms with Crippen molar-refractivity contribution in [3.8, 4) is 44.5 Å². The van der Waals surface area contributed by atoms with Gasteiger partial charge in [0.1, 0.15) is 11.2 Å². The summed E-state index contributed by atoms with van der Waals surface area (Å²) < 4.78 is 6.60. The molecule has 0 unspecified atom stereocenters. The number of para-hydroxylation sites is 1. The molecule has 2 nitrogen and oxygen atoms in total. The lowest BCUT2D eigenvalue weighted by atomic mass is 9.79. The minimum absolute atomic E-state index is 0.111. The van der Waals surface area contributed by atoms with Crippen molar-refractivity contribution < 1.29 is 4.42 Å². The number of furan rings is 1. The molecule has 10 aromatic carbocycles. The molecular weight excluding hydrogens is 739 g/mol. The third kappa shape index (κ3) is 5.64. The Labute approximate surface area is 355 Å². The molecule has 0 amide bonds. The Kier molecular flexibility index (Phi) is 7.92. The highest BCUT2D eigenvalue weighted by Gasteiger charge is 2.37. The minimum Gasteiger partial charge on any atom is -0.456 e. The Bertz CT molecular complexity index is 3520. The van der Waals surface area contributed by atoms with Gasteiger partial charge in [0.05, 0.1) is 5.69 Å². The number of hydrogen-bond donors (Lipinski definition) is 0. The molecule has 1 aliphatic rings. The molecule has 12 rings (SSSR count). The molecule has 1 heterocycles. The van der Waals surface area contributed by atoms with Crippen molar-refractivity contribution in [2.75, 3.05) is 4.90 Å². The summed E-state index contributed by atoms with van der Waals surface area (Å²) in [5.41, 5.74) is 17.5. The molecule has 0 fully saturated rings. The van der Waals surface area contributed by atoms with E-state index >= 15 is 0 Å². The summed E-state index contributed by atoms with van der Waals surface area (Å²) in [6, 6.07) is 77.4. The monoisotopic (exact) mass is 779 g/mol. The van der Waals surface area contributed by atoms with E-state index in [1.54, 1.807) is 0 Å². The summed E-state index contributed by atoms with van der Waals surface area (Å²) >= 11 is 0. The first kappa shape index (κ1) is 35.3. The first-order valence-electron chi connectivity index (χ1n) is 21.2. The Morgan fingerprint density at radius 3 is 1.82 bits per heavy atom. The highest BCUT2D eigenvalue weighted by molar-refractivity contribution is 6.16. The van der Waals surface area contributed by atoms with Gasteiger partial charge in [0.15, 0.2) is 0 Å². The fraction of sp³-hybridized carbons (Fsp3) is 0.0508. The van der Waals surface area contributed by atoms with Crippen LogP contribution >= 0.6 is 0 Å². The summed E-state index contributed by atoms with van der Waals surface area (Å²) in [6.45, 7) is 4.73. The topological polar surface area (TPSA) is 16.4 Å². The van der Waals surface area contributed by atoms with Crippen molar-refractivity contribution in [3.63, 3.8) is 0 Å². The zero-order chi connectivity index (χ0) is 40.7. The third-order valence-electron chi connectivity index (χ3n) is 13.0. The molecule has 0 bridgehead atoms. The van der Waals surface area contributed by atoms with Gasteiger partial charge in [0.25, 0.3) is 0 Å². The van der Waals surface area contributed by atoms with Gasteiger partial charge in [-0.1, -0.05) is 172 Å². The van der Waals surface area contributed by atoms with Crippen molar-refractivity contribution in [2.24, 2.45) is 0 Å². The van der Waals surface area contributed by atoms with Gasteiger partial charge in [-0.3, -0.25) is 0 Å². The molecule has 1 aliphatic carbocycles. The SMILES string of the molecule is CC1(C)c2ccccc2-c2cccc(-c3ccc(N(c4cccc(-c5ccc6ccccc6c5)c4)c4ccccc4-c4cccc5oc6cc7ccccc7cc6c45)cc3)c21. The van der Waals surface area contributed by atoms with E-state index in [0.29, 0.717) is 0 Å². The van der Waals surface area contributed by atoms with Crippen LogP contribution < -0.4 is 4.90 Å². The number of benzene rings is 10. The van der Waals surface area contributed by atoms with E-state index in [4.69, 9.17) is 4.42 Å². The summed E-state index contributed by atoms with van der Waals surface area (Å²) in [4.78, 5) is 2.43. The van der Waals surface area contributed by atoms with Crippen LogP contribution in [0.25, 0.3) is 88.0 Å². The van der Waals surface area contributed by atoms with Crippen LogP contribution in [0.3, 0.4) is 0 Å².